The van der Waals surface area contributed by atoms with Crippen LogP contribution >= 0.6 is 0 Å². The molecule has 0 atom stereocenters. The molecule has 0 spiro atoms. The largest absolute Gasteiger partial charge is 0.385 e. The third-order valence-corrected chi connectivity index (χ3v) is 1.95. The molecule has 2 N–H and O–H groups in total. The lowest BCUT2D eigenvalue weighted by atomic mass is 10.2. The topological polar surface area (TPSA) is 50.4 Å². The van der Waals surface area contributed by atoms with E-state index in [1.54, 1.807) is 7.11 Å². The number of hydrogen-bond acceptors (Lipinski definition) is 3. The van der Waals surface area contributed by atoms with Crippen molar-refractivity contribution in [1.29, 1.82) is 0 Å². The van der Waals surface area contributed by atoms with Gasteiger partial charge in [-0.3, -0.25) is 4.79 Å². The zero-order valence-corrected chi connectivity index (χ0v) is 9.27. The van der Waals surface area contributed by atoms with Crippen molar-refractivity contribution in [2.24, 2.45) is 0 Å². The van der Waals surface area contributed by atoms with E-state index in [9.17, 15) is 4.79 Å². The number of methoxy groups -OCH3 is 1. The summed E-state index contributed by atoms with van der Waals surface area (Å²) >= 11 is 0. The normalized spacial score (nSPS) is 10.1. The van der Waals surface area contributed by atoms with E-state index in [0.717, 1.165) is 39.0 Å². The highest BCUT2D eigenvalue weighted by molar-refractivity contribution is 5.75. The molecule has 0 unspecified atom stereocenters. The van der Waals surface area contributed by atoms with Crippen LogP contribution in [0, 0.1) is 0 Å². The molecule has 4 heteroatoms. The van der Waals surface area contributed by atoms with Crippen molar-refractivity contribution < 1.29 is 9.53 Å². The third kappa shape index (κ3) is 9.48. The minimum absolute atomic E-state index is 0.131. The maximum Gasteiger partial charge on any atom is 0.221 e. The predicted molar refractivity (Wildman–Crippen MR) is 57.3 cm³/mol. The minimum atomic E-state index is 0.131. The molecule has 0 aliphatic heterocycles. The van der Waals surface area contributed by atoms with E-state index in [0.29, 0.717) is 6.42 Å². The summed E-state index contributed by atoms with van der Waals surface area (Å²) in [6.45, 7) is 2.34. The van der Waals surface area contributed by atoms with Crippen LogP contribution in [-0.2, 0) is 9.53 Å². The summed E-state index contributed by atoms with van der Waals surface area (Å²) < 4.78 is 4.93. The SMILES string of the molecule is CNCCC(=O)NCCCCCOC. The van der Waals surface area contributed by atoms with Crippen LogP contribution in [0.2, 0.25) is 0 Å². The van der Waals surface area contributed by atoms with Gasteiger partial charge in [0.1, 0.15) is 0 Å². The Bertz CT molecular complexity index is 140. The number of amides is 1. The fourth-order valence-corrected chi connectivity index (χ4v) is 1.10. The van der Waals surface area contributed by atoms with Crippen LogP contribution in [0.1, 0.15) is 25.7 Å². The number of carbonyl (C=O) groups excluding carboxylic acids is 1. The Morgan fingerprint density at radius 3 is 2.64 bits per heavy atom. The van der Waals surface area contributed by atoms with Gasteiger partial charge in [0.05, 0.1) is 0 Å². The lowest BCUT2D eigenvalue weighted by Crippen LogP contribution is -2.27. The van der Waals surface area contributed by atoms with E-state index in [4.69, 9.17) is 4.74 Å². The molecule has 0 bridgehead atoms. The van der Waals surface area contributed by atoms with Crippen molar-refractivity contribution in [3.63, 3.8) is 0 Å². The standard InChI is InChI=1S/C10H22N2O2/c1-11-8-6-10(13)12-7-4-3-5-9-14-2/h11H,3-9H2,1-2H3,(H,12,13). The summed E-state index contributed by atoms with van der Waals surface area (Å²) in [4.78, 5) is 11.1. The van der Waals surface area contributed by atoms with Crippen LogP contribution < -0.4 is 10.6 Å². The molecule has 0 saturated heterocycles. The van der Waals surface area contributed by atoms with Crippen molar-refractivity contribution in [3.8, 4) is 0 Å². The Labute approximate surface area is 86.4 Å². The maximum atomic E-state index is 11.1. The van der Waals surface area contributed by atoms with Gasteiger partial charge < -0.3 is 15.4 Å². The highest BCUT2D eigenvalue weighted by atomic mass is 16.5. The van der Waals surface area contributed by atoms with Gasteiger partial charge in [0, 0.05) is 33.2 Å². The molecule has 0 fully saturated rings. The fourth-order valence-electron chi connectivity index (χ4n) is 1.10. The zero-order chi connectivity index (χ0) is 10.6. The summed E-state index contributed by atoms with van der Waals surface area (Å²) in [5, 5.41) is 5.81. The Kier molecular flexibility index (Phi) is 10.0. The average molecular weight is 202 g/mol. The molecule has 0 aromatic heterocycles. The second kappa shape index (κ2) is 10.5. The molecule has 0 rings (SSSR count). The van der Waals surface area contributed by atoms with Crippen LogP contribution in [0.3, 0.4) is 0 Å². The molecule has 0 radical (unpaired) electrons. The highest BCUT2D eigenvalue weighted by Crippen LogP contribution is 1.93. The molecule has 0 aliphatic rings. The minimum Gasteiger partial charge on any atom is -0.385 e. The quantitative estimate of drug-likeness (QED) is 0.536. The Hall–Kier alpha value is -0.610. The number of nitrogens with one attached hydrogen (secondary N) is 2. The van der Waals surface area contributed by atoms with Crippen molar-refractivity contribution in [1.82, 2.24) is 10.6 Å². The first kappa shape index (κ1) is 13.4. The fraction of sp³-hybridized carbons (Fsp3) is 0.900. The molecule has 0 aromatic rings. The van der Waals surface area contributed by atoms with Gasteiger partial charge in [-0.05, 0) is 26.3 Å². The van der Waals surface area contributed by atoms with Crippen molar-refractivity contribution in [2.45, 2.75) is 25.7 Å². The molecule has 4 nitrogen and oxygen atoms in total. The molecule has 0 heterocycles. The first-order chi connectivity index (χ1) is 6.81. The number of carbonyl (C=O) groups is 1. The Morgan fingerprint density at radius 2 is 2.00 bits per heavy atom. The summed E-state index contributed by atoms with van der Waals surface area (Å²) in [7, 11) is 3.55. The van der Waals surface area contributed by atoms with Crippen LogP contribution in [0.4, 0.5) is 0 Å². The number of rotatable bonds is 9. The van der Waals surface area contributed by atoms with Crippen molar-refractivity contribution >= 4 is 5.91 Å². The van der Waals surface area contributed by atoms with Gasteiger partial charge in [0.2, 0.25) is 5.91 Å². The Balaban J connectivity index is 3.07. The van der Waals surface area contributed by atoms with Gasteiger partial charge in [-0.2, -0.15) is 0 Å². The maximum absolute atomic E-state index is 11.1. The third-order valence-electron chi connectivity index (χ3n) is 1.95. The van der Waals surface area contributed by atoms with Gasteiger partial charge in [-0.25, -0.2) is 0 Å². The van der Waals surface area contributed by atoms with E-state index < -0.39 is 0 Å². The van der Waals surface area contributed by atoms with Gasteiger partial charge >= 0.3 is 0 Å². The molecule has 0 aliphatic carbocycles. The molecular formula is C10H22N2O2. The average Bonchev–Trinajstić information content (AvgIpc) is 2.20. The number of unbranched alkanes of at least 4 members (excludes halogenated alkanes) is 2. The smallest absolute Gasteiger partial charge is 0.221 e. The first-order valence-electron chi connectivity index (χ1n) is 5.21. The first-order valence-corrected chi connectivity index (χ1v) is 5.21. The number of hydrogen-bond donors (Lipinski definition) is 2. The molecule has 1 amide bonds. The zero-order valence-electron chi connectivity index (χ0n) is 9.27. The second-order valence-electron chi connectivity index (χ2n) is 3.26. The van der Waals surface area contributed by atoms with E-state index in [1.807, 2.05) is 7.05 Å². The summed E-state index contributed by atoms with van der Waals surface area (Å²) in [5.74, 6) is 0.131. The van der Waals surface area contributed by atoms with Gasteiger partial charge in [0.25, 0.3) is 0 Å². The Morgan fingerprint density at radius 1 is 1.21 bits per heavy atom. The van der Waals surface area contributed by atoms with Crippen LogP contribution in [0.15, 0.2) is 0 Å². The predicted octanol–water partition coefficient (Wildman–Crippen LogP) is 0.529. The van der Waals surface area contributed by atoms with E-state index in [-0.39, 0.29) is 5.91 Å². The van der Waals surface area contributed by atoms with E-state index in [2.05, 4.69) is 10.6 Å². The molecule has 14 heavy (non-hydrogen) atoms. The van der Waals surface area contributed by atoms with Gasteiger partial charge in [-0.15, -0.1) is 0 Å². The molecule has 84 valence electrons. The second-order valence-corrected chi connectivity index (χ2v) is 3.26. The summed E-state index contributed by atoms with van der Waals surface area (Å²) in [6, 6.07) is 0. The van der Waals surface area contributed by atoms with Crippen LogP contribution in [-0.4, -0.2) is 39.8 Å². The highest BCUT2D eigenvalue weighted by Gasteiger charge is 1.98. The van der Waals surface area contributed by atoms with Crippen LogP contribution in [0.5, 0.6) is 0 Å². The monoisotopic (exact) mass is 202 g/mol. The lowest BCUT2D eigenvalue weighted by Gasteiger charge is -2.04. The molecular weight excluding hydrogens is 180 g/mol. The van der Waals surface area contributed by atoms with E-state index in [1.165, 1.54) is 0 Å². The van der Waals surface area contributed by atoms with Gasteiger partial charge in [0.15, 0.2) is 0 Å². The molecule has 0 aromatic carbocycles. The number of ether oxygens (including phenoxy) is 1. The van der Waals surface area contributed by atoms with Crippen LogP contribution in [0.25, 0.3) is 0 Å². The van der Waals surface area contributed by atoms with E-state index >= 15 is 0 Å². The van der Waals surface area contributed by atoms with Crippen molar-refractivity contribution in [3.05, 3.63) is 0 Å². The van der Waals surface area contributed by atoms with Gasteiger partial charge in [-0.1, -0.05) is 0 Å². The lowest BCUT2D eigenvalue weighted by molar-refractivity contribution is -0.120. The summed E-state index contributed by atoms with van der Waals surface area (Å²) in [6.07, 6.45) is 3.78. The van der Waals surface area contributed by atoms with Crippen molar-refractivity contribution in [2.75, 3.05) is 33.9 Å². The molecule has 0 saturated carbocycles. The summed E-state index contributed by atoms with van der Waals surface area (Å²) in [5.41, 5.74) is 0.